The van der Waals surface area contributed by atoms with E-state index in [0.717, 1.165) is 21.9 Å². The maximum Gasteiger partial charge on any atom is 0.269 e. The lowest BCUT2D eigenvalue weighted by Crippen LogP contribution is -2.47. The summed E-state index contributed by atoms with van der Waals surface area (Å²) in [5.41, 5.74) is 2.13. The number of carbonyl (C=O) groups is 3. The highest BCUT2D eigenvalue weighted by Gasteiger charge is 2.40. The van der Waals surface area contributed by atoms with E-state index in [2.05, 4.69) is 5.32 Å². The standard InChI is InChI=1S/C25H31N3O5S/c1-4-15-26-24(30)19(3)27(17-20-13-11-18(2)12-14-20)23(29)10-7-16-28-25(31)21-8-5-6-9-22(21)34(28,32)33/h5-6,8-9,11-14,19H,4,7,10,15-17H2,1-3H3,(H,26,30)/t19-/m1/s1. The molecule has 3 amide bonds. The summed E-state index contributed by atoms with van der Waals surface area (Å²) in [7, 11) is -3.91. The van der Waals surface area contributed by atoms with Gasteiger partial charge in [0.15, 0.2) is 0 Å². The Morgan fingerprint density at radius 1 is 1.09 bits per heavy atom. The molecule has 1 aliphatic heterocycles. The molecule has 0 aromatic heterocycles. The zero-order chi connectivity index (χ0) is 24.9. The second-order valence-corrected chi connectivity index (χ2v) is 10.3. The number of hydrogen-bond donors (Lipinski definition) is 1. The molecule has 182 valence electrons. The first-order chi connectivity index (χ1) is 16.2. The van der Waals surface area contributed by atoms with E-state index in [1.165, 1.54) is 17.0 Å². The number of fused-ring (bicyclic) bond motifs is 1. The second-order valence-electron chi connectivity index (χ2n) is 8.46. The molecule has 0 unspecified atom stereocenters. The fraction of sp³-hybridized carbons (Fsp3) is 0.400. The normalized spacial score (nSPS) is 15.0. The summed E-state index contributed by atoms with van der Waals surface area (Å²) < 4.78 is 26.3. The minimum absolute atomic E-state index is 0.00598. The molecule has 8 nitrogen and oxygen atoms in total. The Bertz CT molecular complexity index is 1160. The van der Waals surface area contributed by atoms with Crippen molar-refractivity contribution < 1.29 is 22.8 Å². The molecule has 1 N–H and O–H groups in total. The van der Waals surface area contributed by atoms with Gasteiger partial charge in [-0.3, -0.25) is 14.4 Å². The van der Waals surface area contributed by atoms with E-state index in [4.69, 9.17) is 0 Å². The van der Waals surface area contributed by atoms with E-state index in [-0.39, 0.29) is 48.2 Å². The van der Waals surface area contributed by atoms with Crippen LogP contribution in [0.5, 0.6) is 0 Å². The van der Waals surface area contributed by atoms with Crippen LogP contribution in [0.15, 0.2) is 53.4 Å². The molecule has 1 aliphatic rings. The molecule has 9 heteroatoms. The maximum atomic E-state index is 13.2. The van der Waals surface area contributed by atoms with Crippen LogP contribution in [-0.4, -0.2) is 54.5 Å². The van der Waals surface area contributed by atoms with Crippen LogP contribution in [0.25, 0.3) is 0 Å². The Hall–Kier alpha value is -3.20. The number of nitrogens with zero attached hydrogens (tertiary/aromatic N) is 2. The first kappa shape index (κ1) is 25.4. The zero-order valence-electron chi connectivity index (χ0n) is 19.8. The third kappa shape index (κ3) is 5.47. The summed E-state index contributed by atoms with van der Waals surface area (Å²) in [6.45, 7) is 6.28. The molecule has 0 spiro atoms. The van der Waals surface area contributed by atoms with Crippen LogP contribution < -0.4 is 5.32 Å². The fourth-order valence-corrected chi connectivity index (χ4v) is 5.45. The number of rotatable bonds is 10. The van der Waals surface area contributed by atoms with Gasteiger partial charge < -0.3 is 10.2 Å². The van der Waals surface area contributed by atoms with Crippen LogP contribution in [-0.2, 0) is 26.2 Å². The molecular weight excluding hydrogens is 454 g/mol. The van der Waals surface area contributed by atoms with Crippen LogP contribution in [0, 0.1) is 6.92 Å². The molecule has 0 fully saturated rings. The SMILES string of the molecule is CCCNC(=O)[C@@H](C)N(Cc1ccc(C)cc1)C(=O)CCCN1C(=O)c2ccccc2S1(=O)=O. The Labute approximate surface area is 201 Å². The van der Waals surface area contributed by atoms with Gasteiger partial charge in [0.25, 0.3) is 15.9 Å². The lowest BCUT2D eigenvalue weighted by atomic mass is 10.1. The van der Waals surface area contributed by atoms with E-state index >= 15 is 0 Å². The Morgan fingerprint density at radius 2 is 1.76 bits per heavy atom. The van der Waals surface area contributed by atoms with Crippen molar-refractivity contribution in [3.8, 4) is 0 Å². The fourth-order valence-electron chi connectivity index (χ4n) is 3.84. The van der Waals surface area contributed by atoms with Gasteiger partial charge in [0.1, 0.15) is 10.9 Å². The van der Waals surface area contributed by atoms with E-state index in [9.17, 15) is 22.8 Å². The van der Waals surface area contributed by atoms with Crippen molar-refractivity contribution in [1.82, 2.24) is 14.5 Å². The smallest absolute Gasteiger partial charge is 0.269 e. The summed E-state index contributed by atoms with van der Waals surface area (Å²) in [4.78, 5) is 39.8. The molecule has 0 saturated carbocycles. The van der Waals surface area contributed by atoms with E-state index in [1.807, 2.05) is 38.1 Å². The van der Waals surface area contributed by atoms with Crippen LogP contribution in [0.3, 0.4) is 0 Å². The minimum atomic E-state index is -3.91. The van der Waals surface area contributed by atoms with Crippen LogP contribution in [0.4, 0.5) is 0 Å². The average molecular weight is 486 g/mol. The van der Waals surface area contributed by atoms with E-state index in [1.54, 1.807) is 19.1 Å². The first-order valence-corrected chi connectivity index (χ1v) is 12.9. The predicted molar refractivity (Wildman–Crippen MR) is 128 cm³/mol. The minimum Gasteiger partial charge on any atom is -0.354 e. The van der Waals surface area contributed by atoms with Gasteiger partial charge >= 0.3 is 0 Å². The van der Waals surface area contributed by atoms with Gasteiger partial charge in [0.2, 0.25) is 11.8 Å². The van der Waals surface area contributed by atoms with Crippen molar-refractivity contribution >= 4 is 27.7 Å². The van der Waals surface area contributed by atoms with Gasteiger partial charge in [-0.05, 0) is 44.4 Å². The largest absolute Gasteiger partial charge is 0.354 e. The van der Waals surface area contributed by atoms with Gasteiger partial charge in [-0.25, -0.2) is 12.7 Å². The van der Waals surface area contributed by atoms with Gasteiger partial charge in [0, 0.05) is 26.1 Å². The summed E-state index contributed by atoms with van der Waals surface area (Å²) in [5, 5.41) is 2.82. The number of amides is 3. The van der Waals surface area contributed by atoms with Gasteiger partial charge in [0.05, 0.1) is 5.56 Å². The van der Waals surface area contributed by atoms with Crippen molar-refractivity contribution in [3.05, 3.63) is 65.2 Å². The number of nitrogens with one attached hydrogen (secondary N) is 1. The van der Waals surface area contributed by atoms with Gasteiger partial charge in [-0.15, -0.1) is 0 Å². The summed E-state index contributed by atoms with van der Waals surface area (Å²) in [6, 6.07) is 13.1. The Morgan fingerprint density at radius 3 is 2.41 bits per heavy atom. The quantitative estimate of drug-likeness (QED) is 0.557. The van der Waals surface area contributed by atoms with E-state index in [0.29, 0.717) is 6.54 Å². The molecule has 1 atom stereocenters. The van der Waals surface area contributed by atoms with Crippen molar-refractivity contribution in [2.75, 3.05) is 13.1 Å². The topological polar surface area (TPSA) is 104 Å². The maximum absolute atomic E-state index is 13.2. The zero-order valence-corrected chi connectivity index (χ0v) is 20.6. The molecular formula is C25H31N3O5S. The molecule has 0 saturated heterocycles. The van der Waals surface area contributed by atoms with Crippen LogP contribution in [0.2, 0.25) is 0 Å². The number of benzene rings is 2. The first-order valence-electron chi connectivity index (χ1n) is 11.5. The van der Waals surface area contributed by atoms with Crippen LogP contribution in [0.1, 0.15) is 54.6 Å². The number of carbonyl (C=O) groups excluding carboxylic acids is 3. The highest BCUT2D eigenvalue weighted by Crippen LogP contribution is 2.30. The summed E-state index contributed by atoms with van der Waals surface area (Å²) in [6.07, 6.45) is 0.948. The predicted octanol–water partition coefficient (Wildman–Crippen LogP) is 2.86. The lowest BCUT2D eigenvalue weighted by Gasteiger charge is -2.29. The highest BCUT2D eigenvalue weighted by atomic mass is 32.2. The van der Waals surface area contributed by atoms with Crippen molar-refractivity contribution in [2.24, 2.45) is 0 Å². The third-order valence-electron chi connectivity index (χ3n) is 5.85. The molecule has 0 bridgehead atoms. The van der Waals surface area contributed by atoms with Gasteiger partial charge in [-0.2, -0.15) is 0 Å². The van der Waals surface area contributed by atoms with Gasteiger partial charge in [-0.1, -0.05) is 48.9 Å². The molecule has 0 aliphatic carbocycles. The van der Waals surface area contributed by atoms with Crippen molar-refractivity contribution in [2.45, 2.75) is 57.5 Å². The summed E-state index contributed by atoms with van der Waals surface area (Å²) in [5.74, 6) is -1.09. The van der Waals surface area contributed by atoms with Crippen molar-refractivity contribution in [3.63, 3.8) is 0 Å². The number of aryl methyl sites for hydroxylation is 1. The molecule has 34 heavy (non-hydrogen) atoms. The molecule has 0 radical (unpaired) electrons. The molecule has 2 aromatic rings. The number of hydrogen-bond acceptors (Lipinski definition) is 5. The molecule has 2 aromatic carbocycles. The molecule has 1 heterocycles. The number of sulfonamides is 1. The Balaban J connectivity index is 1.69. The highest BCUT2D eigenvalue weighted by molar-refractivity contribution is 7.90. The average Bonchev–Trinajstić information content (AvgIpc) is 3.02. The summed E-state index contributed by atoms with van der Waals surface area (Å²) >= 11 is 0. The monoisotopic (exact) mass is 485 g/mol. The second kappa shape index (κ2) is 10.8. The lowest BCUT2D eigenvalue weighted by molar-refractivity contribution is -0.140. The Kier molecular flexibility index (Phi) is 8.09. The van der Waals surface area contributed by atoms with Crippen molar-refractivity contribution in [1.29, 1.82) is 0 Å². The van der Waals surface area contributed by atoms with Crippen LogP contribution >= 0.6 is 0 Å². The van der Waals surface area contributed by atoms with E-state index < -0.39 is 22.0 Å². The third-order valence-corrected chi connectivity index (χ3v) is 7.69. The molecule has 3 rings (SSSR count).